The molecule has 1 aliphatic heterocycles. The highest BCUT2D eigenvalue weighted by atomic mass is 32.2. The van der Waals surface area contributed by atoms with Gasteiger partial charge in [0.25, 0.3) is 0 Å². The summed E-state index contributed by atoms with van der Waals surface area (Å²) in [4.78, 5) is 5.29. The van der Waals surface area contributed by atoms with Crippen molar-refractivity contribution >= 4 is 34.4 Å². The quantitative estimate of drug-likeness (QED) is 0.181. The van der Waals surface area contributed by atoms with Crippen molar-refractivity contribution in [1.82, 2.24) is 5.32 Å². The number of nitrogens with one attached hydrogen (secondary N) is 1. The van der Waals surface area contributed by atoms with E-state index in [1.54, 1.807) is 11.8 Å². The first-order valence-corrected chi connectivity index (χ1v) is 20.0. The molecule has 0 fully saturated rings. The Morgan fingerprint density at radius 3 is 2.49 bits per heavy atom. The van der Waals surface area contributed by atoms with Crippen LogP contribution in [0.15, 0.2) is 143 Å². The first-order chi connectivity index (χ1) is 25.1. The summed E-state index contributed by atoms with van der Waals surface area (Å²) in [5.74, 6) is 2.01. The summed E-state index contributed by atoms with van der Waals surface area (Å²) in [5.41, 5.74) is 25.6. The molecule has 0 saturated heterocycles. The molecule has 51 heavy (non-hydrogen) atoms. The van der Waals surface area contributed by atoms with E-state index in [2.05, 4.69) is 127 Å². The maximum atomic E-state index is 6.70. The maximum Gasteiger partial charge on any atom is 0.130 e. The van der Waals surface area contributed by atoms with E-state index in [4.69, 9.17) is 16.5 Å². The number of allylic oxidation sites excluding steroid dienone is 13. The Balaban J connectivity index is 1.04. The van der Waals surface area contributed by atoms with Crippen molar-refractivity contribution in [2.75, 3.05) is 0 Å². The summed E-state index contributed by atoms with van der Waals surface area (Å²) in [6, 6.07) is 18.1. The molecule has 6 aliphatic rings. The lowest BCUT2D eigenvalue weighted by Crippen LogP contribution is -2.42. The van der Waals surface area contributed by atoms with Crippen LogP contribution < -0.4 is 16.8 Å². The number of benzene rings is 2. The number of rotatable bonds is 9. The Kier molecular flexibility index (Phi) is 10.4. The Morgan fingerprint density at radius 1 is 0.745 bits per heavy atom. The van der Waals surface area contributed by atoms with E-state index in [-0.39, 0.29) is 10.7 Å². The van der Waals surface area contributed by atoms with Gasteiger partial charge in [-0.3, -0.25) is 0 Å². The van der Waals surface area contributed by atoms with Gasteiger partial charge in [0.15, 0.2) is 0 Å². The molecule has 5 N–H and O–H groups in total. The van der Waals surface area contributed by atoms with Gasteiger partial charge in [0, 0.05) is 11.5 Å². The van der Waals surface area contributed by atoms with E-state index in [0.29, 0.717) is 17.9 Å². The van der Waals surface area contributed by atoms with Crippen molar-refractivity contribution in [3.63, 3.8) is 0 Å². The Hall–Kier alpha value is -4.16. The SMILES string of the molecule is NC(SC(N)c1cccc(C2=CC3CC=CC(c4cccc(C5=CC(C6CC=CCC6)NC(C6=CCCCC6)=N5)c4)=C3C=C2)c1)C1=CCCC=C1. The van der Waals surface area contributed by atoms with Crippen molar-refractivity contribution in [1.29, 1.82) is 0 Å². The topological polar surface area (TPSA) is 76.4 Å². The number of hydrogen-bond acceptors (Lipinski definition) is 5. The number of nitrogens with zero attached hydrogens (tertiary/aromatic N) is 1. The van der Waals surface area contributed by atoms with Crippen LogP contribution in [0.1, 0.15) is 91.8 Å². The third kappa shape index (κ3) is 7.72. The Morgan fingerprint density at radius 2 is 1.65 bits per heavy atom. The fraction of sp³-hybridized carbons (Fsp3) is 0.326. The number of thioether (sulfide) groups is 1. The predicted molar refractivity (Wildman–Crippen MR) is 218 cm³/mol. The van der Waals surface area contributed by atoms with Gasteiger partial charge in [-0.05, 0) is 133 Å². The molecular formula is C46H50N4S. The van der Waals surface area contributed by atoms with Gasteiger partial charge in [-0.15, -0.1) is 11.8 Å². The van der Waals surface area contributed by atoms with Gasteiger partial charge in [-0.25, -0.2) is 4.99 Å². The molecule has 0 bridgehead atoms. The highest BCUT2D eigenvalue weighted by molar-refractivity contribution is 8.00. The highest BCUT2D eigenvalue weighted by Crippen LogP contribution is 2.40. The normalized spacial score (nSPS) is 25.5. The van der Waals surface area contributed by atoms with Crippen molar-refractivity contribution in [2.45, 2.75) is 81.0 Å². The molecule has 8 rings (SSSR count). The molecule has 0 aromatic heterocycles. The number of nitrogens with two attached hydrogens (primary N) is 2. The summed E-state index contributed by atoms with van der Waals surface area (Å²) in [5, 5.41) is 3.55. The summed E-state index contributed by atoms with van der Waals surface area (Å²) in [7, 11) is 0. The molecule has 5 unspecified atom stereocenters. The molecule has 0 radical (unpaired) electrons. The first-order valence-electron chi connectivity index (χ1n) is 19.1. The molecule has 5 heteroatoms. The molecule has 5 aliphatic carbocycles. The fourth-order valence-electron chi connectivity index (χ4n) is 8.27. The monoisotopic (exact) mass is 690 g/mol. The van der Waals surface area contributed by atoms with E-state index in [0.717, 1.165) is 62.0 Å². The summed E-state index contributed by atoms with van der Waals surface area (Å²) in [6.45, 7) is 0. The zero-order chi connectivity index (χ0) is 34.6. The summed E-state index contributed by atoms with van der Waals surface area (Å²) >= 11 is 1.62. The van der Waals surface area contributed by atoms with Crippen LogP contribution >= 0.6 is 11.8 Å². The molecule has 2 aromatic rings. The van der Waals surface area contributed by atoms with Gasteiger partial charge in [0.05, 0.1) is 22.5 Å². The van der Waals surface area contributed by atoms with Crippen LogP contribution in [-0.2, 0) is 0 Å². The van der Waals surface area contributed by atoms with Gasteiger partial charge < -0.3 is 16.8 Å². The third-order valence-corrected chi connectivity index (χ3v) is 12.3. The van der Waals surface area contributed by atoms with E-state index in [9.17, 15) is 0 Å². The number of aliphatic imine (C=N–C) groups is 1. The lowest BCUT2D eigenvalue weighted by Gasteiger charge is -2.32. The van der Waals surface area contributed by atoms with Crippen LogP contribution in [0.4, 0.5) is 0 Å². The smallest absolute Gasteiger partial charge is 0.130 e. The third-order valence-electron chi connectivity index (χ3n) is 11.2. The van der Waals surface area contributed by atoms with E-state index >= 15 is 0 Å². The fourth-order valence-corrected chi connectivity index (χ4v) is 9.22. The Bertz CT molecular complexity index is 1960. The number of amidine groups is 1. The maximum absolute atomic E-state index is 6.70. The van der Waals surface area contributed by atoms with Crippen molar-refractivity contribution in [3.05, 3.63) is 160 Å². The van der Waals surface area contributed by atoms with Crippen molar-refractivity contribution < 1.29 is 0 Å². The highest BCUT2D eigenvalue weighted by Gasteiger charge is 2.28. The lowest BCUT2D eigenvalue weighted by atomic mass is 9.79. The van der Waals surface area contributed by atoms with Gasteiger partial charge in [0.1, 0.15) is 5.84 Å². The molecule has 1 heterocycles. The zero-order valence-electron chi connectivity index (χ0n) is 29.5. The first kappa shape index (κ1) is 34.0. The second kappa shape index (κ2) is 15.6. The zero-order valence-corrected chi connectivity index (χ0v) is 30.3. The molecule has 0 saturated carbocycles. The van der Waals surface area contributed by atoms with Crippen LogP contribution in [-0.4, -0.2) is 17.3 Å². The summed E-state index contributed by atoms with van der Waals surface area (Å²) in [6.07, 6.45) is 39.2. The number of hydrogen-bond donors (Lipinski definition) is 3. The Labute approximate surface area is 308 Å². The van der Waals surface area contributed by atoms with Crippen LogP contribution in [0.25, 0.3) is 16.8 Å². The van der Waals surface area contributed by atoms with Gasteiger partial charge in [-0.1, -0.05) is 103 Å². The predicted octanol–water partition coefficient (Wildman–Crippen LogP) is 10.5. The standard InChI is InChI=1S/C46H50N4S/c47-44(32-15-6-2-7-16-32)51-45(48)39-23-10-19-34(28-39)35-25-26-41-36(27-35)21-12-24-40(41)37-20-11-22-38(29-37)43-30-42(31-13-4-1-5-14-31)49-46(50-43)33-17-8-3-9-18-33/h1,4,6,10-12,15-17,19-20,22-31,36,42,44-45H,2-3,5,7-9,13-14,18,21,47-48H2,(H,49,50). The van der Waals surface area contributed by atoms with Crippen molar-refractivity contribution in [3.8, 4) is 0 Å². The van der Waals surface area contributed by atoms with E-state index < -0.39 is 0 Å². The molecule has 0 amide bonds. The minimum atomic E-state index is -0.194. The van der Waals surface area contributed by atoms with Gasteiger partial charge >= 0.3 is 0 Å². The molecule has 260 valence electrons. The minimum Gasteiger partial charge on any atom is -0.363 e. The molecule has 2 aromatic carbocycles. The van der Waals surface area contributed by atoms with Gasteiger partial charge in [-0.2, -0.15) is 0 Å². The molecular weight excluding hydrogens is 641 g/mol. The van der Waals surface area contributed by atoms with Crippen LogP contribution in [0.2, 0.25) is 0 Å². The largest absolute Gasteiger partial charge is 0.363 e. The van der Waals surface area contributed by atoms with Gasteiger partial charge in [0.2, 0.25) is 0 Å². The number of fused-ring (bicyclic) bond motifs is 1. The van der Waals surface area contributed by atoms with E-state index in [1.165, 1.54) is 63.8 Å². The van der Waals surface area contributed by atoms with Crippen LogP contribution in [0.5, 0.6) is 0 Å². The average molecular weight is 691 g/mol. The second-order valence-corrected chi connectivity index (χ2v) is 15.9. The van der Waals surface area contributed by atoms with Crippen LogP contribution in [0, 0.1) is 11.8 Å². The average Bonchev–Trinajstić information content (AvgIpc) is 3.21. The van der Waals surface area contributed by atoms with Crippen molar-refractivity contribution in [2.24, 2.45) is 28.3 Å². The lowest BCUT2D eigenvalue weighted by molar-refractivity contribution is 0.409. The van der Waals surface area contributed by atoms with E-state index in [1.807, 2.05) is 0 Å². The summed E-state index contributed by atoms with van der Waals surface area (Å²) < 4.78 is 0. The molecule has 4 nitrogen and oxygen atoms in total. The minimum absolute atomic E-state index is 0.127. The van der Waals surface area contributed by atoms with Crippen LogP contribution in [0.3, 0.4) is 0 Å². The molecule has 0 spiro atoms. The molecule has 5 atom stereocenters. The second-order valence-electron chi connectivity index (χ2n) is 14.6.